The molecule has 0 atom stereocenters. The number of aryl methyl sites for hydroxylation is 3. The molecule has 2 aromatic rings. The largest absolute Gasteiger partial charge is 0.355 e. The summed E-state index contributed by atoms with van der Waals surface area (Å²) < 4.78 is 26.2. The molecule has 0 saturated carbocycles. The first kappa shape index (κ1) is 20.1. The van der Waals surface area contributed by atoms with Crippen molar-refractivity contribution in [2.75, 3.05) is 20.1 Å². The Balaban J connectivity index is 1.78. The SMILES string of the molecule is Cc1ccc(CCC(=O)NCCN(C)S(=O)(=O)c2ccc(C)cc2)cc1. The number of nitrogens with one attached hydrogen (secondary N) is 1. The van der Waals surface area contributed by atoms with Crippen LogP contribution in [0.1, 0.15) is 23.1 Å². The summed E-state index contributed by atoms with van der Waals surface area (Å²) in [5.41, 5.74) is 3.31. The minimum atomic E-state index is -3.53. The van der Waals surface area contributed by atoms with E-state index in [1.165, 1.54) is 16.9 Å². The van der Waals surface area contributed by atoms with Gasteiger partial charge in [0.2, 0.25) is 15.9 Å². The van der Waals surface area contributed by atoms with Gasteiger partial charge in [0.15, 0.2) is 0 Å². The van der Waals surface area contributed by atoms with E-state index in [9.17, 15) is 13.2 Å². The Morgan fingerprint density at radius 1 is 0.962 bits per heavy atom. The van der Waals surface area contributed by atoms with Crippen LogP contribution in [0.15, 0.2) is 53.4 Å². The summed E-state index contributed by atoms with van der Waals surface area (Å²) in [6, 6.07) is 14.8. The van der Waals surface area contributed by atoms with Gasteiger partial charge in [0.25, 0.3) is 0 Å². The Kier molecular flexibility index (Phi) is 6.94. The number of carbonyl (C=O) groups is 1. The quantitative estimate of drug-likeness (QED) is 0.772. The fourth-order valence-electron chi connectivity index (χ4n) is 2.46. The van der Waals surface area contributed by atoms with Crippen molar-refractivity contribution in [1.29, 1.82) is 0 Å². The molecule has 2 aromatic carbocycles. The maximum Gasteiger partial charge on any atom is 0.242 e. The van der Waals surface area contributed by atoms with E-state index in [0.717, 1.165) is 11.1 Å². The number of hydrogen-bond acceptors (Lipinski definition) is 3. The van der Waals surface area contributed by atoms with Crippen molar-refractivity contribution < 1.29 is 13.2 Å². The Bertz CT molecular complexity index is 828. The van der Waals surface area contributed by atoms with Gasteiger partial charge in [0.1, 0.15) is 0 Å². The normalized spacial score (nSPS) is 11.5. The van der Waals surface area contributed by atoms with Gasteiger partial charge < -0.3 is 5.32 Å². The molecule has 0 spiro atoms. The molecule has 0 unspecified atom stereocenters. The number of hydrogen-bond donors (Lipinski definition) is 1. The van der Waals surface area contributed by atoms with Gasteiger partial charge in [-0.15, -0.1) is 0 Å². The molecule has 140 valence electrons. The molecule has 1 amide bonds. The molecule has 26 heavy (non-hydrogen) atoms. The third-order valence-corrected chi connectivity index (χ3v) is 6.11. The van der Waals surface area contributed by atoms with Crippen LogP contribution in [0.3, 0.4) is 0 Å². The fraction of sp³-hybridized carbons (Fsp3) is 0.350. The van der Waals surface area contributed by atoms with E-state index in [2.05, 4.69) is 5.32 Å². The van der Waals surface area contributed by atoms with Crippen LogP contribution in [0.5, 0.6) is 0 Å². The first-order valence-corrected chi connectivity index (χ1v) is 10.1. The average Bonchev–Trinajstić information content (AvgIpc) is 2.61. The molecule has 2 rings (SSSR count). The van der Waals surface area contributed by atoms with E-state index in [0.29, 0.717) is 12.8 Å². The van der Waals surface area contributed by atoms with E-state index < -0.39 is 10.0 Å². The molecule has 0 aliphatic rings. The number of benzene rings is 2. The maximum absolute atomic E-state index is 12.5. The summed E-state index contributed by atoms with van der Waals surface area (Å²) >= 11 is 0. The number of sulfonamides is 1. The lowest BCUT2D eigenvalue weighted by Gasteiger charge is -2.17. The average molecular weight is 375 g/mol. The van der Waals surface area contributed by atoms with Crippen molar-refractivity contribution in [3.8, 4) is 0 Å². The number of carbonyl (C=O) groups excluding carboxylic acids is 1. The predicted molar refractivity (Wildman–Crippen MR) is 104 cm³/mol. The first-order valence-electron chi connectivity index (χ1n) is 8.64. The van der Waals surface area contributed by atoms with Crippen LogP contribution in [0.25, 0.3) is 0 Å². The lowest BCUT2D eigenvalue weighted by molar-refractivity contribution is -0.121. The highest BCUT2D eigenvalue weighted by Gasteiger charge is 2.20. The monoisotopic (exact) mass is 374 g/mol. The predicted octanol–water partition coefficient (Wildman–Crippen LogP) is 2.67. The zero-order chi connectivity index (χ0) is 19.2. The van der Waals surface area contributed by atoms with E-state index in [1.807, 2.05) is 38.1 Å². The molecule has 5 nitrogen and oxygen atoms in total. The maximum atomic E-state index is 12.5. The van der Waals surface area contributed by atoms with E-state index in [1.54, 1.807) is 24.3 Å². The lowest BCUT2D eigenvalue weighted by atomic mass is 10.1. The van der Waals surface area contributed by atoms with Crippen LogP contribution in [0, 0.1) is 13.8 Å². The van der Waals surface area contributed by atoms with Gasteiger partial charge in [-0.05, 0) is 38.0 Å². The number of likely N-dealkylation sites (N-methyl/N-ethyl adjacent to an activating group) is 1. The summed E-state index contributed by atoms with van der Waals surface area (Å²) in [5, 5.41) is 2.78. The zero-order valence-corrected chi connectivity index (χ0v) is 16.3. The lowest BCUT2D eigenvalue weighted by Crippen LogP contribution is -2.36. The van der Waals surface area contributed by atoms with Gasteiger partial charge in [0, 0.05) is 26.6 Å². The highest BCUT2D eigenvalue weighted by atomic mass is 32.2. The molecular formula is C20H26N2O3S. The topological polar surface area (TPSA) is 66.5 Å². The molecule has 0 heterocycles. The third kappa shape index (κ3) is 5.68. The van der Waals surface area contributed by atoms with E-state index in [-0.39, 0.29) is 23.9 Å². The number of nitrogens with zero attached hydrogens (tertiary/aromatic N) is 1. The molecule has 0 radical (unpaired) electrons. The second-order valence-electron chi connectivity index (χ2n) is 6.48. The van der Waals surface area contributed by atoms with Gasteiger partial charge in [-0.3, -0.25) is 4.79 Å². The summed E-state index contributed by atoms with van der Waals surface area (Å²) in [6.07, 6.45) is 1.06. The van der Waals surface area contributed by atoms with Crippen molar-refractivity contribution in [2.45, 2.75) is 31.6 Å². The minimum Gasteiger partial charge on any atom is -0.355 e. The molecule has 0 fully saturated rings. The van der Waals surface area contributed by atoms with Crippen LogP contribution in [-0.2, 0) is 21.2 Å². The molecule has 0 aliphatic carbocycles. The van der Waals surface area contributed by atoms with Gasteiger partial charge >= 0.3 is 0 Å². The molecule has 6 heteroatoms. The van der Waals surface area contributed by atoms with Crippen molar-refractivity contribution in [2.24, 2.45) is 0 Å². The Morgan fingerprint density at radius 2 is 1.50 bits per heavy atom. The molecule has 1 N–H and O–H groups in total. The highest BCUT2D eigenvalue weighted by Crippen LogP contribution is 2.14. The summed E-state index contributed by atoms with van der Waals surface area (Å²) in [4.78, 5) is 12.2. The summed E-state index contributed by atoms with van der Waals surface area (Å²) in [6.45, 7) is 4.45. The number of amides is 1. The van der Waals surface area contributed by atoms with Crippen LogP contribution >= 0.6 is 0 Å². The van der Waals surface area contributed by atoms with Gasteiger partial charge in [-0.25, -0.2) is 8.42 Å². The molecule has 0 aliphatic heterocycles. The third-order valence-electron chi connectivity index (χ3n) is 4.24. The van der Waals surface area contributed by atoms with Crippen LogP contribution in [0.2, 0.25) is 0 Å². The smallest absolute Gasteiger partial charge is 0.242 e. The Labute approximate surface area is 156 Å². The van der Waals surface area contributed by atoms with Crippen molar-refractivity contribution in [3.63, 3.8) is 0 Å². The summed E-state index contributed by atoms with van der Waals surface area (Å²) in [5.74, 6) is -0.0771. The van der Waals surface area contributed by atoms with Crippen molar-refractivity contribution in [3.05, 3.63) is 65.2 Å². The summed E-state index contributed by atoms with van der Waals surface area (Å²) in [7, 11) is -2.01. The molecule has 0 aromatic heterocycles. The van der Waals surface area contributed by atoms with Crippen LogP contribution in [-0.4, -0.2) is 38.8 Å². The highest BCUT2D eigenvalue weighted by molar-refractivity contribution is 7.89. The van der Waals surface area contributed by atoms with E-state index in [4.69, 9.17) is 0 Å². The van der Waals surface area contributed by atoms with Gasteiger partial charge in [0.05, 0.1) is 4.90 Å². The van der Waals surface area contributed by atoms with Gasteiger partial charge in [-0.1, -0.05) is 47.5 Å². The molecule has 0 bridgehead atoms. The molecular weight excluding hydrogens is 348 g/mol. The second-order valence-corrected chi connectivity index (χ2v) is 8.52. The number of rotatable bonds is 8. The van der Waals surface area contributed by atoms with Crippen molar-refractivity contribution in [1.82, 2.24) is 9.62 Å². The van der Waals surface area contributed by atoms with Crippen molar-refractivity contribution >= 4 is 15.9 Å². The van der Waals surface area contributed by atoms with E-state index >= 15 is 0 Å². The standard InChI is InChI=1S/C20H26N2O3S/c1-16-4-8-18(9-5-16)10-13-20(23)21-14-15-22(3)26(24,25)19-11-6-17(2)7-12-19/h4-9,11-12H,10,13-15H2,1-3H3,(H,21,23). The van der Waals surface area contributed by atoms with Crippen LogP contribution < -0.4 is 5.32 Å². The molecule has 0 saturated heterocycles. The minimum absolute atomic E-state index is 0.0771. The zero-order valence-electron chi connectivity index (χ0n) is 15.5. The van der Waals surface area contributed by atoms with Crippen LogP contribution in [0.4, 0.5) is 0 Å². The Hall–Kier alpha value is -2.18. The first-order chi connectivity index (χ1) is 12.3. The second kappa shape index (κ2) is 8.96. The fourth-order valence-corrected chi connectivity index (χ4v) is 3.64. The Morgan fingerprint density at radius 3 is 2.08 bits per heavy atom. The van der Waals surface area contributed by atoms with Gasteiger partial charge in [-0.2, -0.15) is 4.31 Å².